The number of likely N-dealkylation sites (tertiary alicyclic amines) is 1. The fourth-order valence-corrected chi connectivity index (χ4v) is 4.00. The normalized spacial score (nSPS) is 14.7. The van der Waals surface area contributed by atoms with Gasteiger partial charge in [-0.3, -0.25) is 4.99 Å². The van der Waals surface area contributed by atoms with E-state index in [1.807, 2.05) is 25.3 Å². The molecule has 1 fully saturated rings. The number of ether oxygens (including phenoxy) is 1. The van der Waals surface area contributed by atoms with E-state index in [0.29, 0.717) is 28.9 Å². The molecule has 9 heteroatoms. The zero-order valence-corrected chi connectivity index (χ0v) is 22.4. The molecule has 1 aromatic carbocycles. The molecule has 0 aromatic heterocycles. The van der Waals surface area contributed by atoms with Crippen LogP contribution in [-0.2, 0) is 6.42 Å². The number of nitriles is 1. The molecule has 0 saturated carbocycles. The summed E-state index contributed by atoms with van der Waals surface area (Å²) in [5, 5.41) is 26.8. The van der Waals surface area contributed by atoms with Gasteiger partial charge in [-0.25, -0.2) is 4.99 Å². The Bertz CT molecular complexity index is 1160. The number of hydrogen-bond donors (Lipinski definition) is 4. The Morgan fingerprint density at radius 1 is 1.29 bits per heavy atom. The Morgan fingerprint density at radius 3 is 2.61 bits per heavy atom. The minimum absolute atomic E-state index is 0.193. The van der Waals surface area contributed by atoms with Crippen LogP contribution in [0.3, 0.4) is 0 Å². The van der Waals surface area contributed by atoms with Gasteiger partial charge in [0, 0.05) is 49.0 Å². The Hall–Kier alpha value is -4.58. The lowest BCUT2D eigenvalue weighted by Gasteiger charge is -2.34. The molecule has 0 atom stereocenters. The van der Waals surface area contributed by atoms with Crippen LogP contribution in [0.4, 0.5) is 5.69 Å². The summed E-state index contributed by atoms with van der Waals surface area (Å²) in [4.78, 5) is 10.8. The molecule has 38 heavy (non-hydrogen) atoms. The number of nitrogens with one attached hydrogen (secondary N) is 4. The fourth-order valence-electron chi connectivity index (χ4n) is 4.00. The predicted molar refractivity (Wildman–Crippen MR) is 158 cm³/mol. The van der Waals surface area contributed by atoms with Gasteiger partial charge in [0.1, 0.15) is 18.3 Å². The Labute approximate surface area is 226 Å². The van der Waals surface area contributed by atoms with Crippen molar-refractivity contribution in [1.29, 1.82) is 10.7 Å². The quantitative estimate of drug-likeness (QED) is 0.165. The molecule has 1 aliphatic rings. The third kappa shape index (κ3) is 8.52. The summed E-state index contributed by atoms with van der Waals surface area (Å²) < 4.78 is 5.58. The molecule has 1 saturated heterocycles. The maximum Gasteiger partial charge on any atom is 0.142 e. The summed E-state index contributed by atoms with van der Waals surface area (Å²) in [5.74, 6) is 1.10. The fraction of sp³-hybridized carbons (Fsp3) is 0.310. The van der Waals surface area contributed by atoms with Crippen molar-refractivity contribution in [1.82, 2.24) is 15.5 Å². The SMILES string of the molecule is C=CC(=C)N1CCC(N/C=C(\C=N)NC/N=C(Nc2c(C)cc(CC#N)cc2OC)\C(C=C)=C/N=C)CC1. The highest BCUT2D eigenvalue weighted by atomic mass is 16.5. The number of amidine groups is 1. The lowest BCUT2D eigenvalue weighted by molar-refractivity contribution is 0.258. The molecule has 0 aliphatic carbocycles. The van der Waals surface area contributed by atoms with Gasteiger partial charge in [-0.15, -0.1) is 0 Å². The largest absolute Gasteiger partial charge is 0.495 e. The summed E-state index contributed by atoms with van der Waals surface area (Å²) in [6.07, 6.45) is 10.3. The monoisotopic (exact) mass is 514 g/mol. The van der Waals surface area contributed by atoms with Crippen molar-refractivity contribution in [2.24, 2.45) is 9.98 Å². The number of hydrogen-bond acceptors (Lipinski definition) is 8. The van der Waals surface area contributed by atoms with Crippen molar-refractivity contribution >= 4 is 24.5 Å². The number of benzene rings is 1. The first kappa shape index (κ1) is 29.6. The molecule has 2 rings (SSSR count). The number of anilines is 1. The van der Waals surface area contributed by atoms with Gasteiger partial charge in [0.25, 0.3) is 0 Å². The minimum atomic E-state index is 0.193. The molecule has 0 radical (unpaired) electrons. The van der Waals surface area contributed by atoms with Crippen LogP contribution in [0, 0.1) is 23.7 Å². The second-order valence-corrected chi connectivity index (χ2v) is 8.63. The molecule has 0 bridgehead atoms. The van der Waals surface area contributed by atoms with Gasteiger partial charge in [-0.2, -0.15) is 5.26 Å². The molecule has 0 amide bonds. The van der Waals surface area contributed by atoms with Crippen LogP contribution in [0.25, 0.3) is 0 Å². The van der Waals surface area contributed by atoms with Crippen LogP contribution in [0.2, 0.25) is 0 Å². The topological polar surface area (TPSA) is 121 Å². The van der Waals surface area contributed by atoms with E-state index in [4.69, 9.17) is 15.4 Å². The van der Waals surface area contributed by atoms with Gasteiger partial charge in [0.05, 0.1) is 31.0 Å². The summed E-state index contributed by atoms with van der Waals surface area (Å²) in [5.41, 5.74) is 4.68. The minimum Gasteiger partial charge on any atom is -0.495 e. The van der Waals surface area contributed by atoms with E-state index in [0.717, 1.165) is 48.4 Å². The second-order valence-electron chi connectivity index (χ2n) is 8.63. The van der Waals surface area contributed by atoms with E-state index < -0.39 is 0 Å². The van der Waals surface area contributed by atoms with Crippen LogP contribution >= 0.6 is 0 Å². The Balaban J connectivity index is 2.16. The molecule has 1 heterocycles. The molecule has 0 spiro atoms. The van der Waals surface area contributed by atoms with Gasteiger partial charge in [0.15, 0.2) is 0 Å². The molecular formula is C29H38N8O. The average Bonchev–Trinajstić information content (AvgIpc) is 2.93. The van der Waals surface area contributed by atoms with Crippen LogP contribution in [0.15, 0.2) is 83.4 Å². The highest BCUT2D eigenvalue weighted by Gasteiger charge is 2.18. The zero-order chi connectivity index (χ0) is 27.9. The van der Waals surface area contributed by atoms with Crippen LogP contribution in [0.1, 0.15) is 24.0 Å². The third-order valence-electron chi connectivity index (χ3n) is 6.12. The standard InChI is InChI=1S/C29H38N8O/c1-7-22(4)37-13-10-25(11-14-37)33-19-26(17-31)34-20-35-29(24(8-2)18-32-5)36-28-21(3)15-23(9-12-30)16-27(28)38-6/h7-8,15-19,25,31,33-34H,1-2,4-5,9-11,13-14,20H2,3,6H3,(H,35,36)/b24-18-,26-19+,31-17?. The smallest absolute Gasteiger partial charge is 0.142 e. The van der Waals surface area contributed by atoms with E-state index >= 15 is 0 Å². The number of aliphatic imine (C=N–C) groups is 2. The number of nitrogens with zero attached hydrogens (tertiary/aromatic N) is 4. The van der Waals surface area contributed by atoms with Crippen molar-refractivity contribution in [3.05, 3.63) is 84.5 Å². The van der Waals surface area contributed by atoms with Gasteiger partial charge in [-0.1, -0.05) is 31.9 Å². The van der Waals surface area contributed by atoms with Crippen LogP contribution < -0.4 is 20.7 Å². The number of methoxy groups -OCH3 is 1. The molecule has 4 N–H and O–H groups in total. The van der Waals surface area contributed by atoms with Crippen molar-refractivity contribution in [3.63, 3.8) is 0 Å². The van der Waals surface area contributed by atoms with Crippen molar-refractivity contribution in [3.8, 4) is 11.8 Å². The van der Waals surface area contributed by atoms with E-state index in [1.54, 1.807) is 25.5 Å². The summed E-state index contributed by atoms with van der Waals surface area (Å²) in [7, 11) is 1.58. The van der Waals surface area contributed by atoms with E-state index in [2.05, 4.69) is 63.4 Å². The molecule has 9 nitrogen and oxygen atoms in total. The highest BCUT2D eigenvalue weighted by molar-refractivity contribution is 6.10. The zero-order valence-electron chi connectivity index (χ0n) is 22.4. The van der Waals surface area contributed by atoms with Gasteiger partial charge in [0.2, 0.25) is 0 Å². The lowest BCUT2D eigenvalue weighted by Crippen LogP contribution is -2.40. The first-order chi connectivity index (χ1) is 18.4. The predicted octanol–water partition coefficient (Wildman–Crippen LogP) is 4.44. The van der Waals surface area contributed by atoms with E-state index in [-0.39, 0.29) is 13.1 Å². The number of aryl methyl sites for hydroxylation is 1. The maximum absolute atomic E-state index is 9.07. The number of allylic oxidation sites excluding steroid dienone is 2. The number of piperidine rings is 1. The van der Waals surface area contributed by atoms with Crippen molar-refractivity contribution in [2.45, 2.75) is 32.2 Å². The van der Waals surface area contributed by atoms with Crippen LogP contribution in [-0.4, -0.2) is 56.6 Å². The molecule has 200 valence electrons. The molecule has 1 aliphatic heterocycles. The van der Waals surface area contributed by atoms with Gasteiger partial charge in [-0.05, 0) is 49.8 Å². The second kappa shape index (κ2) is 15.5. The average molecular weight is 515 g/mol. The lowest BCUT2D eigenvalue weighted by atomic mass is 10.0. The van der Waals surface area contributed by atoms with E-state index in [1.165, 1.54) is 6.21 Å². The van der Waals surface area contributed by atoms with Gasteiger partial charge < -0.3 is 31.0 Å². The number of rotatable bonds is 14. The summed E-state index contributed by atoms with van der Waals surface area (Å²) in [6.45, 7) is 19.2. The first-order valence-corrected chi connectivity index (χ1v) is 12.3. The highest BCUT2D eigenvalue weighted by Crippen LogP contribution is 2.31. The third-order valence-corrected chi connectivity index (χ3v) is 6.12. The summed E-state index contributed by atoms with van der Waals surface area (Å²) in [6, 6.07) is 6.24. The van der Waals surface area contributed by atoms with E-state index in [9.17, 15) is 0 Å². The van der Waals surface area contributed by atoms with Crippen molar-refractivity contribution < 1.29 is 4.74 Å². The van der Waals surface area contributed by atoms with Crippen molar-refractivity contribution in [2.75, 3.05) is 32.2 Å². The molecule has 0 unspecified atom stereocenters. The molecule has 1 aromatic rings. The van der Waals surface area contributed by atoms with Gasteiger partial charge >= 0.3 is 0 Å². The molecular weight excluding hydrogens is 476 g/mol. The Morgan fingerprint density at radius 2 is 2.03 bits per heavy atom. The van der Waals surface area contributed by atoms with Crippen LogP contribution in [0.5, 0.6) is 5.75 Å². The first-order valence-electron chi connectivity index (χ1n) is 12.3. The summed E-state index contributed by atoms with van der Waals surface area (Å²) >= 11 is 0. The maximum atomic E-state index is 9.07. The Kier molecular flexibility index (Phi) is 12.1.